The van der Waals surface area contributed by atoms with E-state index in [0.29, 0.717) is 35.1 Å². The number of anilines is 4. The van der Waals surface area contributed by atoms with Crippen LogP contribution in [0.3, 0.4) is 0 Å². The Balaban J connectivity index is 1.21. The van der Waals surface area contributed by atoms with E-state index in [1.807, 2.05) is 75.6 Å². The largest absolute Gasteiger partial charge is 0.359 e. The number of para-hydroxylation sites is 1. The molecule has 43 heavy (non-hydrogen) atoms. The van der Waals surface area contributed by atoms with Crippen molar-refractivity contribution < 1.29 is 9.59 Å². The SMILES string of the molecule is Cc1cnc(Nc2cc(C)n(C)n2)nc1-c1c[nH]c2c(N3Cc4c(NC(=O)c5ccccc5)cccc4C3=O)cccc12. The van der Waals surface area contributed by atoms with Gasteiger partial charge in [-0.2, -0.15) is 5.10 Å². The summed E-state index contributed by atoms with van der Waals surface area (Å²) < 4.78 is 1.79. The van der Waals surface area contributed by atoms with Gasteiger partial charge in [-0.15, -0.1) is 0 Å². The standard InChI is InChI=1S/C33H28N8O2/c1-19-16-35-33(37-28-15-20(2)40(3)39-28)38-29(19)24-17-34-30-22(24)11-8-14-27(30)41-18-25-23(32(41)43)12-7-13-26(25)36-31(42)21-9-5-4-6-10-21/h4-17,34H,18H2,1-3H3,(H,36,42)(H,35,37,38,39). The summed E-state index contributed by atoms with van der Waals surface area (Å²) in [6.07, 6.45) is 3.70. The Hall–Kier alpha value is -5.77. The smallest absolute Gasteiger partial charge is 0.259 e. The predicted molar refractivity (Wildman–Crippen MR) is 167 cm³/mol. The van der Waals surface area contributed by atoms with E-state index in [4.69, 9.17) is 4.98 Å². The van der Waals surface area contributed by atoms with Crippen LogP contribution >= 0.6 is 0 Å². The monoisotopic (exact) mass is 568 g/mol. The minimum atomic E-state index is -0.219. The molecule has 0 bridgehead atoms. The van der Waals surface area contributed by atoms with Gasteiger partial charge in [0.25, 0.3) is 11.8 Å². The van der Waals surface area contributed by atoms with Crippen molar-refractivity contribution in [2.24, 2.45) is 7.05 Å². The molecule has 0 aliphatic carbocycles. The van der Waals surface area contributed by atoms with E-state index >= 15 is 0 Å². The van der Waals surface area contributed by atoms with Crippen LogP contribution in [0.25, 0.3) is 22.2 Å². The van der Waals surface area contributed by atoms with Crippen molar-refractivity contribution in [2.75, 3.05) is 15.5 Å². The van der Waals surface area contributed by atoms with Crippen LogP contribution in [0.2, 0.25) is 0 Å². The van der Waals surface area contributed by atoms with Crippen LogP contribution in [0.1, 0.15) is 37.5 Å². The highest BCUT2D eigenvalue weighted by molar-refractivity contribution is 6.16. The molecule has 7 rings (SSSR count). The van der Waals surface area contributed by atoms with Gasteiger partial charge in [-0.1, -0.05) is 36.4 Å². The number of H-pyrrole nitrogens is 1. The maximum Gasteiger partial charge on any atom is 0.259 e. The fourth-order valence-electron chi connectivity index (χ4n) is 5.50. The highest BCUT2D eigenvalue weighted by atomic mass is 16.2. The molecule has 0 atom stereocenters. The molecule has 0 fully saturated rings. The first-order valence-electron chi connectivity index (χ1n) is 13.9. The number of fused-ring (bicyclic) bond motifs is 2. The van der Waals surface area contributed by atoms with Crippen LogP contribution in [-0.4, -0.2) is 36.5 Å². The number of rotatable bonds is 6. The molecular weight excluding hydrogens is 540 g/mol. The molecule has 0 spiro atoms. The quantitative estimate of drug-likeness (QED) is 0.222. The molecule has 0 saturated heterocycles. The average molecular weight is 569 g/mol. The van der Waals surface area contributed by atoms with Crippen molar-refractivity contribution in [1.82, 2.24) is 24.7 Å². The van der Waals surface area contributed by atoms with Gasteiger partial charge in [0, 0.05) is 64.5 Å². The Bertz CT molecular complexity index is 2020. The van der Waals surface area contributed by atoms with Gasteiger partial charge >= 0.3 is 0 Å². The summed E-state index contributed by atoms with van der Waals surface area (Å²) in [6.45, 7) is 4.28. The number of amides is 2. The number of hydrogen-bond acceptors (Lipinski definition) is 6. The fourth-order valence-corrected chi connectivity index (χ4v) is 5.50. The molecule has 4 heterocycles. The number of nitrogens with zero attached hydrogens (tertiary/aromatic N) is 5. The Labute approximate surface area is 247 Å². The molecule has 1 aliphatic heterocycles. The van der Waals surface area contributed by atoms with Crippen molar-refractivity contribution in [3.63, 3.8) is 0 Å². The summed E-state index contributed by atoms with van der Waals surface area (Å²) in [6, 6.07) is 22.3. The number of aryl methyl sites for hydroxylation is 3. The minimum absolute atomic E-state index is 0.121. The lowest BCUT2D eigenvalue weighted by molar-refractivity contribution is 0.0994. The van der Waals surface area contributed by atoms with Gasteiger partial charge in [-0.05, 0) is 49.7 Å². The van der Waals surface area contributed by atoms with Crippen molar-refractivity contribution in [2.45, 2.75) is 20.4 Å². The molecule has 3 aromatic heterocycles. The molecule has 3 N–H and O–H groups in total. The van der Waals surface area contributed by atoms with Gasteiger partial charge in [0.15, 0.2) is 5.82 Å². The highest BCUT2D eigenvalue weighted by Gasteiger charge is 2.32. The second-order valence-electron chi connectivity index (χ2n) is 10.6. The lowest BCUT2D eigenvalue weighted by Crippen LogP contribution is -2.23. The molecule has 0 unspecified atom stereocenters. The van der Waals surface area contributed by atoms with Crippen LogP contribution in [0.5, 0.6) is 0 Å². The second-order valence-corrected chi connectivity index (χ2v) is 10.6. The number of carbonyl (C=O) groups excluding carboxylic acids is 2. The van der Waals surface area contributed by atoms with E-state index in [9.17, 15) is 9.59 Å². The van der Waals surface area contributed by atoms with Crippen molar-refractivity contribution in [1.29, 1.82) is 0 Å². The van der Waals surface area contributed by atoms with E-state index in [1.54, 1.807) is 40.0 Å². The average Bonchev–Trinajstić information content (AvgIpc) is 3.69. The van der Waals surface area contributed by atoms with E-state index in [2.05, 4.69) is 25.7 Å². The number of aromatic nitrogens is 5. The third-order valence-corrected chi connectivity index (χ3v) is 7.82. The first-order valence-corrected chi connectivity index (χ1v) is 13.9. The van der Waals surface area contributed by atoms with Crippen LogP contribution in [0, 0.1) is 13.8 Å². The molecule has 0 radical (unpaired) electrons. The molecular formula is C33H28N8O2. The predicted octanol–water partition coefficient (Wildman–Crippen LogP) is 6.13. The molecule has 3 aromatic carbocycles. The Morgan fingerprint density at radius 2 is 1.79 bits per heavy atom. The van der Waals surface area contributed by atoms with Crippen LogP contribution < -0.4 is 15.5 Å². The first kappa shape index (κ1) is 26.1. The van der Waals surface area contributed by atoms with E-state index in [0.717, 1.165) is 44.7 Å². The zero-order chi connectivity index (χ0) is 29.7. The third kappa shape index (κ3) is 4.58. The van der Waals surface area contributed by atoms with Gasteiger partial charge < -0.3 is 20.5 Å². The summed E-state index contributed by atoms with van der Waals surface area (Å²) in [5.41, 5.74) is 7.71. The molecule has 0 saturated carbocycles. The van der Waals surface area contributed by atoms with E-state index < -0.39 is 0 Å². The number of nitrogens with one attached hydrogen (secondary N) is 3. The molecule has 2 amide bonds. The highest BCUT2D eigenvalue weighted by Crippen LogP contribution is 2.39. The van der Waals surface area contributed by atoms with Crippen LogP contribution in [0.4, 0.5) is 23.1 Å². The zero-order valence-corrected chi connectivity index (χ0v) is 23.8. The van der Waals surface area contributed by atoms with Gasteiger partial charge in [-0.25, -0.2) is 9.97 Å². The summed E-state index contributed by atoms with van der Waals surface area (Å²) in [5, 5.41) is 11.6. The van der Waals surface area contributed by atoms with Crippen LogP contribution in [0.15, 0.2) is 85.2 Å². The maximum atomic E-state index is 13.7. The number of aromatic amines is 1. The summed E-state index contributed by atoms with van der Waals surface area (Å²) in [5.74, 6) is 0.773. The molecule has 1 aliphatic rings. The second kappa shape index (κ2) is 10.3. The lowest BCUT2D eigenvalue weighted by atomic mass is 10.1. The Morgan fingerprint density at radius 3 is 2.58 bits per heavy atom. The first-order chi connectivity index (χ1) is 20.9. The zero-order valence-electron chi connectivity index (χ0n) is 23.8. The van der Waals surface area contributed by atoms with Gasteiger partial charge in [0.05, 0.1) is 23.4 Å². The third-order valence-electron chi connectivity index (χ3n) is 7.82. The maximum absolute atomic E-state index is 13.7. The molecule has 10 nitrogen and oxygen atoms in total. The van der Waals surface area contributed by atoms with Gasteiger partial charge in [0.2, 0.25) is 5.95 Å². The van der Waals surface area contributed by atoms with Crippen molar-refractivity contribution in [3.8, 4) is 11.3 Å². The van der Waals surface area contributed by atoms with Crippen molar-refractivity contribution >= 4 is 45.9 Å². The summed E-state index contributed by atoms with van der Waals surface area (Å²) in [4.78, 5) is 41.0. The molecule has 212 valence electrons. The van der Waals surface area contributed by atoms with E-state index in [-0.39, 0.29) is 11.8 Å². The summed E-state index contributed by atoms with van der Waals surface area (Å²) >= 11 is 0. The Kier molecular flexibility index (Phi) is 6.23. The lowest BCUT2D eigenvalue weighted by Gasteiger charge is -2.17. The number of carbonyl (C=O) groups is 2. The van der Waals surface area contributed by atoms with E-state index in [1.165, 1.54) is 0 Å². The fraction of sp³-hybridized carbons (Fsp3) is 0.121. The minimum Gasteiger partial charge on any atom is -0.359 e. The van der Waals surface area contributed by atoms with Gasteiger partial charge in [-0.3, -0.25) is 14.3 Å². The number of hydrogen-bond donors (Lipinski definition) is 3. The topological polar surface area (TPSA) is 121 Å². The van der Waals surface area contributed by atoms with Crippen LogP contribution in [-0.2, 0) is 13.6 Å². The van der Waals surface area contributed by atoms with Gasteiger partial charge in [0.1, 0.15) is 0 Å². The molecule has 10 heteroatoms. The summed E-state index contributed by atoms with van der Waals surface area (Å²) in [7, 11) is 1.89. The number of benzene rings is 3. The van der Waals surface area contributed by atoms with Crippen molar-refractivity contribution in [3.05, 3.63) is 113 Å². The molecule has 6 aromatic rings. The Morgan fingerprint density at radius 1 is 0.977 bits per heavy atom. The normalized spacial score (nSPS) is 12.5.